The van der Waals surface area contributed by atoms with E-state index >= 15 is 0 Å². The van der Waals surface area contributed by atoms with E-state index in [1.807, 2.05) is 19.1 Å². The maximum atomic E-state index is 12.1. The Bertz CT molecular complexity index is 491. The lowest BCUT2D eigenvalue weighted by molar-refractivity contribution is -0.149. The van der Waals surface area contributed by atoms with Gasteiger partial charge in [-0.3, -0.25) is 4.79 Å². The average molecular weight is 299 g/mol. The molecule has 1 aromatic carbocycles. The number of aryl methyl sites for hydroxylation is 1. The SMILES string of the molecule is Cc1cccc(C2CCN(C(=O)CCC(F)(F)F)CC2)c1. The first kappa shape index (κ1) is 15.9. The molecule has 1 amide bonds. The van der Waals surface area contributed by atoms with Gasteiger partial charge in [0.15, 0.2) is 0 Å². The fourth-order valence-corrected chi connectivity index (χ4v) is 2.79. The molecule has 1 fully saturated rings. The number of carbonyl (C=O) groups is 1. The van der Waals surface area contributed by atoms with Crippen LogP contribution in [0.15, 0.2) is 24.3 Å². The van der Waals surface area contributed by atoms with E-state index in [0.29, 0.717) is 19.0 Å². The van der Waals surface area contributed by atoms with Gasteiger partial charge in [0.2, 0.25) is 5.91 Å². The van der Waals surface area contributed by atoms with Gasteiger partial charge < -0.3 is 4.90 Å². The number of benzene rings is 1. The molecule has 0 unspecified atom stereocenters. The first-order valence-corrected chi connectivity index (χ1v) is 7.26. The minimum atomic E-state index is -4.25. The van der Waals surface area contributed by atoms with E-state index in [0.717, 1.165) is 12.8 Å². The van der Waals surface area contributed by atoms with Crippen LogP contribution in [-0.2, 0) is 4.79 Å². The molecule has 0 radical (unpaired) electrons. The standard InChI is InChI=1S/C16H20F3NO/c1-12-3-2-4-14(11-12)13-6-9-20(10-7-13)15(21)5-8-16(17,18)19/h2-4,11,13H,5-10H2,1H3. The van der Waals surface area contributed by atoms with Gasteiger partial charge in [-0.05, 0) is 31.2 Å². The van der Waals surface area contributed by atoms with Crippen LogP contribution >= 0.6 is 0 Å². The lowest BCUT2D eigenvalue weighted by Crippen LogP contribution is -2.38. The lowest BCUT2D eigenvalue weighted by Gasteiger charge is -2.32. The smallest absolute Gasteiger partial charge is 0.343 e. The number of carbonyl (C=O) groups excluding carboxylic acids is 1. The minimum Gasteiger partial charge on any atom is -0.343 e. The number of piperidine rings is 1. The van der Waals surface area contributed by atoms with Crippen LogP contribution in [-0.4, -0.2) is 30.1 Å². The zero-order valence-corrected chi connectivity index (χ0v) is 12.1. The molecule has 0 N–H and O–H groups in total. The molecule has 1 aromatic rings. The normalized spacial score (nSPS) is 17.0. The van der Waals surface area contributed by atoms with Gasteiger partial charge in [0.1, 0.15) is 0 Å². The monoisotopic (exact) mass is 299 g/mol. The van der Waals surface area contributed by atoms with Crippen LogP contribution in [0.2, 0.25) is 0 Å². The van der Waals surface area contributed by atoms with Gasteiger partial charge in [-0.1, -0.05) is 29.8 Å². The fourth-order valence-electron chi connectivity index (χ4n) is 2.79. The number of halogens is 3. The summed E-state index contributed by atoms with van der Waals surface area (Å²) < 4.78 is 36.4. The molecule has 0 aromatic heterocycles. The van der Waals surface area contributed by atoms with E-state index in [1.165, 1.54) is 11.1 Å². The highest BCUT2D eigenvalue weighted by atomic mass is 19.4. The molecule has 0 atom stereocenters. The van der Waals surface area contributed by atoms with Crippen LogP contribution in [0.4, 0.5) is 13.2 Å². The van der Waals surface area contributed by atoms with Gasteiger partial charge in [0.05, 0.1) is 6.42 Å². The zero-order chi connectivity index (χ0) is 15.5. The third-order valence-corrected chi connectivity index (χ3v) is 3.98. The lowest BCUT2D eigenvalue weighted by atomic mass is 9.88. The van der Waals surface area contributed by atoms with E-state index < -0.39 is 19.0 Å². The van der Waals surface area contributed by atoms with Crippen molar-refractivity contribution in [2.24, 2.45) is 0 Å². The molecule has 1 saturated heterocycles. The van der Waals surface area contributed by atoms with E-state index in [-0.39, 0.29) is 5.91 Å². The Morgan fingerprint density at radius 3 is 2.52 bits per heavy atom. The molecule has 116 valence electrons. The first-order valence-electron chi connectivity index (χ1n) is 7.26. The second-order valence-electron chi connectivity index (χ2n) is 5.68. The number of alkyl halides is 3. The summed E-state index contributed by atoms with van der Waals surface area (Å²) in [6.07, 6.45) is -4.07. The molecule has 5 heteroatoms. The minimum absolute atomic E-state index is 0.380. The van der Waals surface area contributed by atoms with Crippen LogP contribution in [0, 0.1) is 6.92 Å². The van der Waals surface area contributed by atoms with E-state index in [2.05, 4.69) is 12.1 Å². The van der Waals surface area contributed by atoms with Gasteiger partial charge in [-0.25, -0.2) is 0 Å². The van der Waals surface area contributed by atoms with E-state index in [4.69, 9.17) is 0 Å². The van der Waals surface area contributed by atoms with E-state index in [9.17, 15) is 18.0 Å². The van der Waals surface area contributed by atoms with Gasteiger partial charge in [0.25, 0.3) is 0 Å². The van der Waals surface area contributed by atoms with Gasteiger partial charge in [-0.15, -0.1) is 0 Å². The Kier molecular flexibility index (Phi) is 4.91. The Morgan fingerprint density at radius 2 is 1.95 bits per heavy atom. The van der Waals surface area contributed by atoms with Crippen molar-refractivity contribution in [3.05, 3.63) is 35.4 Å². The van der Waals surface area contributed by atoms with Gasteiger partial charge in [0, 0.05) is 19.5 Å². The third kappa shape index (κ3) is 4.76. The van der Waals surface area contributed by atoms with Crippen molar-refractivity contribution < 1.29 is 18.0 Å². The predicted molar refractivity (Wildman–Crippen MR) is 75.0 cm³/mol. The summed E-state index contributed by atoms with van der Waals surface area (Å²) >= 11 is 0. The Hall–Kier alpha value is -1.52. The summed E-state index contributed by atoms with van der Waals surface area (Å²) in [4.78, 5) is 13.3. The van der Waals surface area contributed by atoms with Crippen molar-refractivity contribution in [1.82, 2.24) is 4.90 Å². The highest BCUT2D eigenvalue weighted by Crippen LogP contribution is 2.29. The second-order valence-corrected chi connectivity index (χ2v) is 5.68. The van der Waals surface area contributed by atoms with Crippen LogP contribution in [0.5, 0.6) is 0 Å². The predicted octanol–water partition coefficient (Wildman–Crippen LogP) is 4.04. The maximum absolute atomic E-state index is 12.1. The number of amides is 1. The third-order valence-electron chi connectivity index (χ3n) is 3.98. The highest BCUT2D eigenvalue weighted by Gasteiger charge is 2.30. The number of likely N-dealkylation sites (tertiary alicyclic amines) is 1. The fraction of sp³-hybridized carbons (Fsp3) is 0.562. The highest BCUT2D eigenvalue weighted by molar-refractivity contribution is 5.76. The zero-order valence-electron chi connectivity index (χ0n) is 12.1. The van der Waals surface area contributed by atoms with Crippen LogP contribution in [0.3, 0.4) is 0 Å². The summed E-state index contributed by atoms with van der Waals surface area (Å²) in [5, 5.41) is 0. The molecule has 0 spiro atoms. The topological polar surface area (TPSA) is 20.3 Å². The number of nitrogens with zero attached hydrogens (tertiary/aromatic N) is 1. The number of rotatable bonds is 3. The second kappa shape index (κ2) is 6.50. The van der Waals surface area contributed by atoms with Crippen molar-refractivity contribution in [3.63, 3.8) is 0 Å². The molecule has 21 heavy (non-hydrogen) atoms. The summed E-state index contributed by atoms with van der Waals surface area (Å²) in [5.74, 6) is 0.0200. The first-order chi connectivity index (χ1) is 9.85. The summed E-state index contributed by atoms with van der Waals surface area (Å²) in [5.41, 5.74) is 2.47. The Labute approximate surface area is 122 Å². The van der Waals surface area contributed by atoms with Crippen molar-refractivity contribution in [2.75, 3.05) is 13.1 Å². The molecule has 1 aliphatic heterocycles. The van der Waals surface area contributed by atoms with Gasteiger partial charge in [-0.2, -0.15) is 13.2 Å². The summed E-state index contributed by atoms with van der Waals surface area (Å²) in [7, 11) is 0. The quantitative estimate of drug-likeness (QED) is 0.824. The van der Waals surface area contributed by atoms with Crippen molar-refractivity contribution in [1.29, 1.82) is 0 Å². The Morgan fingerprint density at radius 1 is 1.29 bits per heavy atom. The average Bonchev–Trinajstić information content (AvgIpc) is 2.44. The maximum Gasteiger partial charge on any atom is 0.389 e. The molecule has 2 nitrogen and oxygen atoms in total. The molecule has 1 aliphatic rings. The molecular weight excluding hydrogens is 279 g/mol. The van der Waals surface area contributed by atoms with Crippen molar-refractivity contribution in [3.8, 4) is 0 Å². The van der Waals surface area contributed by atoms with Gasteiger partial charge >= 0.3 is 6.18 Å². The van der Waals surface area contributed by atoms with Crippen molar-refractivity contribution in [2.45, 2.75) is 44.7 Å². The Balaban J connectivity index is 1.84. The largest absolute Gasteiger partial charge is 0.389 e. The molecule has 0 bridgehead atoms. The molecule has 0 aliphatic carbocycles. The summed E-state index contributed by atoms with van der Waals surface area (Å²) in [6.45, 7) is 3.14. The molecule has 0 saturated carbocycles. The molecule has 1 heterocycles. The number of hydrogen-bond acceptors (Lipinski definition) is 1. The van der Waals surface area contributed by atoms with Crippen LogP contribution < -0.4 is 0 Å². The molecule has 2 rings (SSSR count). The van der Waals surface area contributed by atoms with Crippen LogP contribution in [0.1, 0.15) is 42.7 Å². The van der Waals surface area contributed by atoms with Crippen molar-refractivity contribution >= 4 is 5.91 Å². The molecular formula is C16H20F3NO. The van der Waals surface area contributed by atoms with Crippen LogP contribution in [0.25, 0.3) is 0 Å². The van der Waals surface area contributed by atoms with E-state index in [1.54, 1.807) is 4.90 Å². The number of hydrogen-bond donors (Lipinski definition) is 0. The summed E-state index contributed by atoms with van der Waals surface area (Å²) in [6, 6.07) is 8.29.